The van der Waals surface area contributed by atoms with E-state index in [-0.39, 0.29) is 11.2 Å². The van der Waals surface area contributed by atoms with Gasteiger partial charge >= 0.3 is 0 Å². The third-order valence-corrected chi connectivity index (χ3v) is 14.0. The van der Waals surface area contributed by atoms with Crippen molar-refractivity contribution in [1.29, 1.82) is 0 Å². The molecule has 1 aliphatic carbocycles. The molecule has 7 heteroatoms. The van der Waals surface area contributed by atoms with Gasteiger partial charge in [-0.05, 0) is 99.1 Å². The number of aromatic nitrogens is 4. The van der Waals surface area contributed by atoms with Gasteiger partial charge in [-0.15, -0.1) is 11.3 Å². The minimum absolute atomic E-state index is 0.138. The number of furan rings is 1. The van der Waals surface area contributed by atoms with Crippen LogP contribution in [0.2, 0.25) is 5.28 Å². The number of rotatable bonds is 5. The molecule has 1 unspecified atom stereocenters. The van der Waals surface area contributed by atoms with Gasteiger partial charge in [0.15, 0.2) is 11.6 Å². The minimum atomic E-state index is 0.138. The van der Waals surface area contributed by atoms with E-state index in [2.05, 4.69) is 161 Å². The SMILES string of the molecule is Clc1nc(C2=CC=CC(c3cccc4c3sc3ccc(-c5cccc(-c6cccc7c6[nH]c6ccc8ccccc8c67)c5)cc34)C2)nc(-c2ccc3c(c2)oc2ccccc23)n1. The molecule has 0 saturated heterocycles. The Kier molecular flexibility index (Phi) is 7.89. The van der Waals surface area contributed by atoms with Crippen molar-refractivity contribution in [3.05, 3.63) is 193 Å². The zero-order chi connectivity index (χ0) is 40.9. The number of hydrogen-bond donors (Lipinski definition) is 1. The molecular weight excluding hydrogens is 800 g/mol. The molecule has 0 spiro atoms. The van der Waals surface area contributed by atoms with Crippen molar-refractivity contribution < 1.29 is 4.42 Å². The number of nitrogens with zero attached hydrogens (tertiary/aromatic N) is 3. The van der Waals surface area contributed by atoms with Crippen LogP contribution in [0.15, 0.2) is 180 Å². The Morgan fingerprint density at radius 2 is 1.35 bits per heavy atom. The lowest BCUT2D eigenvalue weighted by molar-refractivity contribution is 0.669. The summed E-state index contributed by atoms with van der Waals surface area (Å²) in [5, 5.41) is 9.89. The summed E-state index contributed by atoms with van der Waals surface area (Å²) in [6.45, 7) is 0. The van der Waals surface area contributed by atoms with E-state index in [4.69, 9.17) is 21.0 Å². The van der Waals surface area contributed by atoms with E-state index in [1.54, 1.807) is 0 Å². The second kappa shape index (κ2) is 13.8. The highest BCUT2D eigenvalue weighted by atomic mass is 35.5. The minimum Gasteiger partial charge on any atom is -0.456 e. The van der Waals surface area contributed by atoms with Gasteiger partial charge in [-0.3, -0.25) is 0 Å². The predicted molar refractivity (Wildman–Crippen MR) is 259 cm³/mol. The molecule has 0 saturated carbocycles. The molecule has 0 bridgehead atoms. The molecule has 1 N–H and O–H groups in total. The van der Waals surface area contributed by atoms with Crippen molar-refractivity contribution in [2.45, 2.75) is 12.3 Å². The number of allylic oxidation sites excluding steroid dienone is 4. The van der Waals surface area contributed by atoms with E-state index in [9.17, 15) is 0 Å². The van der Waals surface area contributed by atoms with E-state index >= 15 is 0 Å². The van der Waals surface area contributed by atoms with Crippen LogP contribution in [0.3, 0.4) is 0 Å². The monoisotopic (exact) mass is 832 g/mol. The third-order valence-electron chi connectivity index (χ3n) is 12.6. The lowest BCUT2D eigenvalue weighted by Crippen LogP contribution is -2.06. The van der Waals surface area contributed by atoms with E-state index in [1.165, 1.54) is 69.5 Å². The van der Waals surface area contributed by atoms with Gasteiger partial charge in [0.1, 0.15) is 11.2 Å². The third kappa shape index (κ3) is 5.64. The Morgan fingerprint density at radius 3 is 2.32 bits per heavy atom. The van der Waals surface area contributed by atoms with Crippen LogP contribution < -0.4 is 0 Å². The van der Waals surface area contributed by atoms with Gasteiger partial charge in [0.25, 0.3) is 0 Å². The average Bonchev–Trinajstić information content (AvgIpc) is 4.02. The van der Waals surface area contributed by atoms with Crippen LogP contribution in [-0.2, 0) is 0 Å². The molecule has 4 heterocycles. The molecule has 4 aromatic heterocycles. The fraction of sp³-hybridized carbons (Fsp3) is 0.0364. The Labute approximate surface area is 364 Å². The van der Waals surface area contributed by atoms with E-state index in [1.807, 2.05) is 41.7 Å². The number of para-hydroxylation sites is 2. The molecule has 0 aliphatic heterocycles. The highest BCUT2D eigenvalue weighted by Gasteiger charge is 2.22. The fourth-order valence-corrected chi connectivity index (χ4v) is 11.1. The Hall–Kier alpha value is -7.38. The first-order valence-corrected chi connectivity index (χ1v) is 22.0. The van der Waals surface area contributed by atoms with Crippen LogP contribution in [0.25, 0.3) is 114 Å². The summed E-state index contributed by atoms with van der Waals surface area (Å²) < 4.78 is 8.74. The summed E-state index contributed by atoms with van der Waals surface area (Å²) in [6, 6.07) is 56.4. The summed E-state index contributed by atoms with van der Waals surface area (Å²) in [6.07, 6.45) is 7.25. The first-order chi connectivity index (χ1) is 30.6. The van der Waals surface area contributed by atoms with Crippen molar-refractivity contribution in [2.24, 2.45) is 0 Å². The van der Waals surface area contributed by atoms with E-state index in [0.717, 1.165) is 50.5 Å². The zero-order valence-electron chi connectivity index (χ0n) is 33.1. The maximum atomic E-state index is 6.60. The number of thiophene rings is 1. The molecule has 292 valence electrons. The fourth-order valence-electron chi connectivity index (χ4n) is 9.64. The zero-order valence-corrected chi connectivity index (χ0v) is 34.6. The van der Waals surface area contributed by atoms with Gasteiger partial charge in [0, 0.05) is 64.3 Å². The number of nitrogens with one attached hydrogen (secondary N) is 1. The van der Waals surface area contributed by atoms with Crippen LogP contribution in [0.1, 0.15) is 23.7 Å². The van der Waals surface area contributed by atoms with Crippen molar-refractivity contribution in [3.63, 3.8) is 0 Å². The maximum Gasteiger partial charge on any atom is 0.226 e. The lowest BCUT2D eigenvalue weighted by Gasteiger charge is -2.19. The number of aromatic amines is 1. The van der Waals surface area contributed by atoms with Gasteiger partial charge in [-0.25, -0.2) is 4.98 Å². The molecular formula is C55H33ClN4OS. The van der Waals surface area contributed by atoms with Crippen LogP contribution in [0, 0.1) is 0 Å². The maximum absolute atomic E-state index is 6.60. The summed E-state index contributed by atoms with van der Waals surface area (Å²) in [7, 11) is 0. The molecule has 5 nitrogen and oxygen atoms in total. The van der Waals surface area contributed by atoms with Crippen molar-refractivity contribution in [3.8, 4) is 33.6 Å². The van der Waals surface area contributed by atoms with Crippen LogP contribution in [-0.4, -0.2) is 19.9 Å². The molecule has 1 aliphatic rings. The molecule has 12 aromatic rings. The summed E-state index contributed by atoms with van der Waals surface area (Å²) in [4.78, 5) is 17.9. The second-order valence-electron chi connectivity index (χ2n) is 16.1. The average molecular weight is 833 g/mol. The second-order valence-corrected chi connectivity index (χ2v) is 17.5. The van der Waals surface area contributed by atoms with Crippen molar-refractivity contribution in [2.75, 3.05) is 0 Å². The van der Waals surface area contributed by atoms with Gasteiger partial charge in [0.2, 0.25) is 5.28 Å². The standard InChI is InChI=1S/C55H33ClN4OS/c56-55-59-53(58-54(60-55)37-21-24-42-41-15-3-4-20-47(41)61-48(42)30-37)36-13-6-12-35(28-36)40-17-8-18-43-45-29-33(23-26-49(45)62-52(40)43)32-10-5-11-34(27-32)39-16-7-19-44-50-38-14-2-1-9-31(38)22-25-46(50)57-51(39)44/h1-27,29-30,35,57H,28H2. The first-order valence-electron chi connectivity index (χ1n) is 20.8. The highest BCUT2D eigenvalue weighted by Crippen LogP contribution is 2.44. The highest BCUT2D eigenvalue weighted by molar-refractivity contribution is 7.26. The smallest absolute Gasteiger partial charge is 0.226 e. The van der Waals surface area contributed by atoms with Crippen molar-refractivity contribution in [1.82, 2.24) is 19.9 Å². The number of benzene rings is 8. The van der Waals surface area contributed by atoms with Gasteiger partial charge in [-0.2, -0.15) is 9.97 Å². The van der Waals surface area contributed by atoms with Gasteiger partial charge < -0.3 is 9.40 Å². The summed E-state index contributed by atoms with van der Waals surface area (Å²) >= 11 is 8.46. The predicted octanol–water partition coefficient (Wildman–Crippen LogP) is 15.7. The van der Waals surface area contributed by atoms with Gasteiger partial charge in [-0.1, -0.05) is 133 Å². The van der Waals surface area contributed by atoms with Crippen molar-refractivity contribution >= 4 is 103 Å². The molecule has 8 aromatic carbocycles. The van der Waals surface area contributed by atoms with Crippen LogP contribution in [0.4, 0.5) is 0 Å². The summed E-state index contributed by atoms with van der Waals surface area (Å²) in [5.41, 5.74) is 11.9. The largest absolute Gasteiger partial charge is 0.456 e. The van der Waals surface area contributed by atoms with Crippen LogP contribution in [0.5, 0.6) is 0 Å². The number of fused-ring (bicyclic) bond motifs is 11. The molecule has 0 radical (unpaired) electrons. The molecule has 1 atom stereocenters. The quantitative estimate of drug-likeness (QED) is 0.188. The molecule has 62 heavy (non-hydrogen) atoms. The van der Waals surface area contributed by atoms with Crippen LogP contribution >= 0.6 is 22.9 Å². The van der Waals surface area contributed by atoms with E-state index in [0.29, 0.717) is 11.6 Å². The number of H-pyrrole nitrogens is 1. The molecule has 13 rings (SSSR count). The molecule has 0 amide bonds. The number of hydrogen-bond acceptors (Lipinski definition) is 5. The number of halogens is 1. The Balaban J connectivity index is 0.825. The molecule has 0 fully saturated rings. The topological polar surface area (TPSA) is 67.6 Å². The van der Waals surface area contributed by atoms with E-state index < -0.39 is 0 Å². The Bertz CT molecular complexity index is 3890. The first kappa shape index (κ1) is 35.4. The normalized spacial score (nSPS) is 14.3. The lowest BCUT2D eigenvalue weighted by atomic mass is 9.87. The Morgan fingerprint density at radius 1 is 0.581 bits per heavy atom. The summed E-state index contributed by atoms with van der Waals surface area (Å²) in [5.74, 6) is 1.24. The van der Waals surface area contributed by atoms with Gasteiger partial charge in [0.05, 0.1) is 5.52 Å².